The van der Waals surface area contributed by atoms with Crippen LogP contribution < -0.4 is 10.6 Å². The number of carbonyl (C=O) groups excluding carboxylic acids is 3. The normalized spacial score (nSPS) is 16.1. The van der Waals surface area contributed by atoms with Crippen LogP contribution in [0, 0.1) is 5.92 Å². The van der Waals surface area contributed by atoms with Crippen LogP contribution in [-0.4, -0.2) is 42.4 Å². The average molecular weight is 477 g/mol. The van der Waals surface area contributed by atoms with Crippen LogP contribution in [0.15, 0.2) is 30.3 Å². The maximum Gasteiger partial charge on any atom is 0.407 e. The van der Waals surface area contributed by atoms with Gasteiger partial charge in [-0.25, -0.2) is 9.59 Å². The molecule has 190 valence electrons. The van der Waals surface area contributed by atoms with Gasteiger partial charge in [0.1, 0.15) is 12.2 Å². The fraction of sp³-hybridized carbons (Fsp3) is 0.654. The van der Waals surface area contributed by atoms with Crippen molar-refractivity contribution >= 4 is 18.2 Å². The summed E-state index contributed by atoms with van der Waals surface area (Å²) in [7, 11) is 0. The lowest BCUT2D eigenvalue weighted by molar-refractivity contribution is -0.143. The molecule has 1 saturated carbocycles. The molecule has 0 radical (unpaired) electrons. The number of alkyl carbamates (subject to hydrolysis) is 2. The Morgan fingerprint density at radius 2 is 1.59 bits per heavy atom. The summed E-state index contributed by atoms with van der Waals surface area (Å²) in [5, 5.41) is 5.71. The van der Waals surface area contributed by atoms with Crippen LogP contribution in [-0.2, 0) is 25.6 Å². The Kier molecular flexibility index (Phi) is 11.2. The second-order valence-electron chi connectivity index (χ2n) is 9.81. The zero-order valence-corrected chi connectivity index (χ0v) is 20.9. The lowest BCUT2D eigenvalue weighted by atomic mass is 9.83. The van der Waals surface area contributed by atoms with Gasteiger partial charge in [0.05, 0.1) is 25.1 Å². The fourth-order valence-electron chi connectivity index (χ4n) is 4.17. The Balaban J connectivity index is 2.14. The Hall–Kier alpha value is -2.77. The van der Waals surface area contributed by atoms with Gasteiger partial charge in [-0.2, -0.15) is 0 Å². The molecule has 1 aromatic rings. The van der Waals surface area contributed by atoms with Crippen LogP contribution in [0.1, 0.15) is 78.2 Å². The highest BCUT2D eigenvalue weighted by atomic mass is 16.6. The first-order chi connectivity index (χ1) is 16.2. The van der Waals surface area contributed by atoms with Gasteiger partial charge < -0.3 is 24.8 Å². The van der Waals surface area contributed by atoms with E-state index in [4.69, 9.17) is 14.2 Å². The Morgan fingerprint density at radius 1 is 0.941 bits per heavy atom. The molecule has 0 heterocycles. The first-order valence-corrected chi connectivity index (χ1v) is 12.3. The molecule has 1 aliphatic rings. The predicted octanol–water partition coefficient (Wildman–Crippen LogP) is 5.10. The summed E-state index contributed by atoms with van der Waals surface area (Å²) in [4.78, 5) is 37.6. The number of nitrogens with one attached hydrogen (secondary N) is 2. The highest BCUT2D eigenvalue weighted by Gasteiger charge is 2.32. The molecule has 34 heavy (non-hydrogen) atoms. The summed E-state index contributed by atoms with van der Waals surface area (Å²) >= 11 is 0. The van der Waals surface area contributed by atoms with Crippen molar-refractivity contribution in [3.05, 3.63) is 35.9 Å². The van der Waals surface area contributed by atoms with Crippen molar-refractivity contribution in [2.24, 2.45) is 5.92 Å². The van der Waals surface area contributed by atoms with Gasteiger partial charge in [0.25, 0.3) is 0 Å². The van der Waals surface area contributed by atoms with E-state index in [0.29, 0.717) is 12.3 Å². The molecule has 2 amide bonds. The van der Waals surface area contributed by atoms with E-state index in [1.54, 1.807) is 27.7 Å². The fourth-order valence-corrected chi connectivity index (χ4v) is 4.17. The van der Waals surface area contributed by atoms with Crippen molar-refractivity contribution < 1.29 is 28.6 Å². The second-order valence-corrected chi connectivity index (χ2v) is 9.81. The average Bonchev–Trinajstić information content (AvgIpc) is 2.77. The molecule has 8 heteroatoms. The molecule has 1 aromatic carbocycles. The standard InChI is InChI=1S/C26H40N2O6/c1-5-32-23(29)17-22(27-24(30)33-18-20-14-10-7-11-15-20)21(16-19-12-8-6-9-13-19)28-25(31)34-26(2,3)4/h7,10-11,14-15,19,21-22H,5-6,8-9,12-13,16-18H2,1-4H3,(H,27,30)(H,28,31)/t21-,22?/m0/s1. The van der Waals surface area contributed by atoms with E-state index in [0.717, 1.165) is 31.2 Å². The van der Waals surface area contributed by atoms with Crippen LogP contribution in [0.2, 0.25) is 0 Å². The van der Waals surface area contributed by atoms with E-state index in [2.05, 4.69) is 10.6 Å². The van der Waals surface area contributed by atoms with E-state index >= 15 is 0 Å². The van der Waals surface area contributed by atoms with E-state index in [1.807, 2.05) is 30.3 Å². The molecule has 0 spiro atoms. The Bertz CT molecular complexity index is 771. The van der Waals surface area contributed by atoms with Crippen molar-refractivity contribution in [3.63, 3.8) is 0 Å². The lowest BCUT2D eigenvalue weighted by Gasteiger charge is -2.33. The van der Waals surface area contributed by atoms with Crippen LogP contribution >= 0.6 is 0 Å². The zero-order valence-electron chi connectivity index (χ0n) is 20.9. The summed E-state index contributed by atoms with van der Waals surface area (Å²) in [6.45, 7) is 7.43. The molecular weight excluding hydrogens is 436 g/mol. The Morgan fingerprint density at radius 3 is 2.21 bits per heavy atom. The van der Waals surface area contributed by atoms with Gasteiger partial charge in [0.2, 0.25) is 0 Å². The van der Waals surface area contributed by atoms with Gasteiger partial charge >= 0.3 is 18.2 Å². The Labute approximate surface area is 203 Å². The number of ether oxygens (including phenoxy) is 3. The van der Waals surface area contributed by atoms with Crippen molar-refractivity contribution in [2.75, 3.05) is 6.61 Å². The van der Waals surface area contributed by atoms with Gasteiger partial charge in [0.15, 0.2) is 0 Å². The molecule has 2 N–H and O–H groups in total. The van der Waals surface area contributed by atoms with E-state index in [9.17, 15) is 14.4 Å². The van der Waals surface area contributed by atoms with Crippen molar-refractivity contribution in [1.29, 1.82) is 0 Å². The zero-order chi connectivity index (χ0) is 25.0. The van der Waals surface area contributed by atoms with E-state index in [1.165, 1.54) is 6.42 Å². The number of carbonyl (C=O) groups is 3. The predicted molar refractivity (Wildman–Crippen MR) is 129 cm³/mol. The number of benzene rings is 1. The van der Waals surface area contributed by atoms with Crippen LogP contribution in [0.3, 0.4) is 0 Å². The van der Waals surface area contributed by atoms with Gasteiger partial charge in [-0.05, 0) is 45.6 Å². The topological polar surface area (TPSA) is 103 Å². The molecule has 8 nitrogen and oxygen atoms in total. The molecule has 0 aromatic heterocycles. The molecule has 0 bridgehead atoms. The number of rotatable bonds is 10. The minimum absolute atomic E-state index is 0.0819. The molecule has 1 unspecified atom stereocenters. The number of hydrogen-bond acceptors (Lipinski definition) is 6. The molecule has 2 rings (SSSR count). The first kappa shape index (κ1) is 27.5. The monoisotopic (exact) mass is 476 g/mol. The third-order valence-electron chi connectivity index (χ3n) is 5.71. The summed E-state index contributed by atoms with van der Waals surface area (Å²) in [6.07, 6.45) is 4.89. The molecule has 0 aliphatic heterocycles. The molecule has 1 fully saturated rings. The van der Waals surface area contributed by atoms with Crippen LogP contribution in [0.5, 0.6) is 0 Å². The number of hydrogen-bond donors (Lipinski definition) is 2. The maximum absolute atomic E-state index is 12.6. The van der Waals surface area contributed by atoms with Crippen molar-refractivity contribution in [1.82, 2.24) is 10.6 Å². The molecular formula is C26H40N2O6. The van der Waals surface area contributed by atoms with Gasteiger partial charge in [-0.1, -0.05) is 62.4 Å². The third-order valence-corrected chi connectivity index (χ3v) is 5.71. The largest absolute Gasteiger partial charge is 0.466 e. The quantitative estimate of drug-likeness (QED) is 0.360. The molecule has 2 atom stereocenters. The van der Waals surface area contributed by atoms with Crippen LogP contribution in [0.25, 0.3) is 0 Å². The smallest absolute Gasteiger partial charge is 0.407 e. The maximum atomic E-state index is 12.6. The first-order valence-electron chi connectivity index (χ1n) is 12.3. The number of amides is 2. The summed E-state index contributed by atoms with van der Waals surface area (Å²) < 4.78 is 16.0. The lowest BCUT2D eigenvalue weighted by Crippen LogP contribution is -2.54. The SMILES string of the molecule is CCOC(=O)CC(NC(=O)OCc1ccccc1)[C@H](CC1CCCCC1)NC(=O)OC(C)(C)C. The summed E-state index contributed by atoms with van der Waals surface area (Å²) in [5.41, 5.74) is 0.184. The van der Waals surface area contributed by atoms with Crippen LogP contribution in [0.4, 0.5) is 9.59 Å². The van der Waals surface area contributed by atoms with E-state index in [-0.39, 0.29) is 19.6 Å². The van der Waals surface area contributed by atoms with Crippen molar-refractivity contribution in [3.8, 4) is 0 Å². The van der Waals surface area contributed by atoms with E-state index < -0.39 is 35.8 Å². The van der Waals surface area contributed by atoms with Gasteiger partial charge in [-0.3, -0.25) is 4.79 Å². The summed E-state index contributed by atoms with van der Waals surface area (Å²) in [5.74, 6) is -0.0592. The highest BCUT2D eigenvalue weighted by molar-refractivity contribution is 5.74. The third kappa shape index (κ3) is 10.9. The van der Waals surface area contributed by atoms with Crippen molar-refractivity contribution in [2.45, 2.75) is 96.9 Å². The minimum atomic E-state index is -0.697. The van der Waals surface area contributed by atoms with Gasteiger partial charge in [-0.15, -0.1) is 0 Å². The molecule has 0 saturated heterocycles. The second kappa shape index (κ2) is 13.8. The van der Waals surface area contributed by atoms with Gasteiger partial charge in [0, 0.05) is 0 Å². The minimum Gasteiger partial charge on any atom is -0.466 e. The highest BCUT2D eigenvalue weighted by Crippen LogP contribution is 2.28. The summed E-state index contributed by atoms with van der Waals surface area (Å²) in [6, 6.07) is 8.13. The number of esters is 1. The molecule has 1 aliphatic carbocycles.